The topological polar surface area (TPSA) is 67.9 Å². The number of methoxy groups -OCH3 is 1. The number of carbonyl (C=O) groups is 2. The number of ether oxygens (including phenoxy) is 2. The van der Waals surface area contributed by atoms with Crippen molar-refractivity contribution in [3.63, 3.8) is 0 Å². The summed E-state index contributed by atoms with van der Waals surface area (Å²) in [6.07, 6.45) is 5.54. The van der Waals surface area contributed by atoms with Gasteiger partial charge in [0.2, 0.25) is 11.8 Å². The number of hydrogen-bond acceptors (Lipinski definition) is 4. The average molecular weight is 515 g/mol. The van der Waals surface area contributed by atoms with Gasteiger partial charge < -0.3 is 19.7 Å². The lowest BCUT2D eigenvalue weighted by molar-refractivity contribution is -0.141. The van der Waals surface area contributed by atoms with Crippen LogP contribution in [0.25, 0.3) is 0 Å². The third kappa shape index (κ3) is 8.10. The summed E-state index contributed by atoms with van der Waals surface area (Å²) in [6.45, 7) is 0.755. The smallest absolute Gasteiger partial charge is 0.243 e. The number of para-hydroxylation sites is 1. The van der Waals surface area contributed by atoms with Crippen LogP contribution in [0.4, 0.5) is 0 Å². The minimum Gasteiger partial charge on any atom is -0.497 e. The van der Waals surface area contributed by atoms with Gasteiger partial charge in [-0.1, -0.05) is 73.5 Å². The molecule has 4 rings (SSSR count). The third-order valence-electron chi connectivity index (χ3n) is 7.01. The van der Waals surface area contributed by atoms with Crippen LogP contribution in [0.15, 0.2) is 84.9 Å². The highest BCUT2D eigenvalue weighted by atomic mass is 16.5. The van der Waals surface area contributed by atoms with E-state index in [4.69, 9.17) is 9.47 Å². The molecule has 3 aromatic carbocycles. The molecule has 0 saturated heterocycles. The summed E-state index contributed by atoms with van der Waals surface area (Å²) >= 11 is 0. The molecule has 200 valence electrons. The van der Waals surface area contributed by atoms with E-state index in [1.165, 1.54) is 0 Å². The molecule has 2 amide bonds. The maximum Gasteiger partial charge on any atom is 0.243 e. The quantitative estimate of drug-likeness (QED) is 0.304. The lowest BCUT2D eigenvalue weighted by Crippen LogP contribution is -2.52. The summed E-state index contributed by atoms with van der Waals surface area (Å²) in [5, 5.41) is 3.25. The van der Waals surface area contributed by atoms with Crippen LogP contribution < -0.4 is 14.8 Å². The molecule has 0 heterocycles. The van der Waals surface area contributed by atoms with Crippen LogP contribution >= 0.6 is 0 Å². The number of amides is 2. The molecule has 1 saturated carbocycles. The summed E-state index contributed by atoms with van der Waals surface area (Å²) in [4.78, 5) is 29.2. The number of rotatable bonds is 13. The molecule has 0 bridgehead atoms. The predicted molar refractivity (Wildman–Crippen MR) is 149 cm³/mol. The highest BCUT2D eigenvalue weighted by molar-refractivity contribution is 5.88. The Kier molecular flexibility index (Phi) is 10.2. The van der Waals surface area contributed by atoms with Crippen molar-refractivity contribution < 1.29 is 19.1 Å². The minimum atomic E-state index is -0.619. The van der Waals surface area contributed by atoms with Crippen LogP contribution in [0.1, 0.15) is 49.7 Å². The van der Waals surface area contributed by atoms with E-state index in [9.17, 15) is 9.59 Å². The molecular formula is C32H38N2O4. The van der Waals surface area contributed by atoms with Gasteiger partial charge in [0, 0.05) is 25.4 Å². The third-order valence-corrected chi connectivity index (χ3v) is 7.01. The van der Waals surface area contributed by atoms with Crippen molar-refractivity contribution in [2.75, 3.05) is 13.7 Å². The minimum absolute atomic E-state index is 0.0630. The number of carbonyl (C=O) groups excluding carboxylic acids is 2. The van der Waals surface area contributed by atoms with Crippen LogP contribution in [0.5, 0.6) is 11.5 Å². The normalized spacial score (nSPS) is 14.0. The van der Waals surface area contributed by atoms with Crippen molar-refractivity contribution in [2.24, 2.45) is 0 Å². The van der Waals surface area contributed by atoms with Gasteiger partial charge in [-0.05, 0) is 54.7 Å². The molecule has 1 aliphatic rings. The molecule has 6 nitrogen and oxygen atoms in total. The molecule has 6 heteroatoms. The molecule has 0 radical (unpaired) electrons. The maximum absolute atomic E-state index is 13.7. The van der Waals surface area contributed by atoms with E-state index in [0.29, 0.717) is 32.4 Å². The van der Waals surface area contributed by atoms with Crippen LogP contribution in [-0.2, 0) is 22.6 Å². The van der Waals surface area contributed by atoms with E-state index < -0.39 is 6.04 Å². The molecule has 3 aromatic rings. The van der Waals surface area contributed by atoms with E-state index in [-0.39, 0.29) is 17.9 Å². The second-order valence-corrected chi connectivity index (χ2v) is 9.83. The number of nitrogens with one attached hydrogen (secondary N) is 1. The first-order valence-electron chi connectivity index (χ1n) is 13.6. The van der Waals surface area contributed by atoms with Crippen LogP contribution in [0.3, 0.4) is 0 Å². The van der Waals surface area contributed by atoms with Gasteiger partial charge in [-0.15, -0.1) is 0 Å². The molecule has 38 heavy (non-hydrogen) atoms. The number of benzene rings is 3. The van der Waals surface area contributed by atoms with Crippen LogP contribution in [0, 0.1) is 0 Å². The van der Waals surface area contributed by atoms with E-state index in [1.807, 2.05) is 84.9 Å². The molecule has 1 N–H and O–H groups in total. The SMILES string of the molecule is COc1cccc(CN(C(=O)CCCOc2ccccc2)C(Cc2ccccc2)C(=O)NC2CCCC2)c1. The Morgan fingerprint density at radius 2 is 1.55 bits per heavy atom. The largest absolute Gasteiger partial charge is 0.497 e. The van der Waals surface area contributed by atoms with Crippen molar-refractivity contribution >= 4 is 11.8 Å². The highest BCUT2D eigenvalue weighted by Crippen LogP contribution is 2.22. The Balaban J connectivity index is 1.54. The summed E-state index contributed by atoms with van der Waals surface area (Å²) in [6, 6.07) is 26.8. The Hall–Kier alpha value is -3.80. The Bertz CT molecular complexity index is 1150. The van der Waals surface area contributed by atoms with Crippen molar-refractivity contribution in [1.29, 1.82) is 0 Å². The number of nitrogens with zero attached hydrogens (tertiary/aromatic N) is 1. The van der Waals surface area contributed by atoms with Gasteiger partial charge in [-0.2, -0.15) is 0 Å². The zero-order valence-electron chi connectivity index (χ0n) is 22.2. The second kappa shape index (κ2) is 14.2. The Morgan fingerprint density at radius 1 is 0.895 bits per heavy atom. The number of hydrogen-bond donors (Lipinski definition) is 1. The molecule has 0 aromatic heterocycles. The first kappa shape index (κ1) is 27.2. The lowest BCUT2D eigenvalue weighted by atomic mass is 10.0. The maximum atomic E-state index is 13.7. The molecule has 1 fully saturated rings. The van der Waals surface area contributed by atoms with Gasteiger partial charge in [0.15, 0.2) is 0 Å². The first-order chi connectivity index (χ1) is 18.6. The fourth-order valence-corrected chi connectivity index (χ4v) is 4.96. The molecule has 0 aliphatic heterocycles. The molecule has 1 atom stereocenters. The van der Waals surface area contributed by atoms with Gasteiger partial charge in [0.1, 0.15) is 17.5 Å². The van der Waals surface area contributed by atoms with E-state index in [0.717, 1.165) is 48.3 Å². The lowest BCUT2D eigenvalue weighted by Gasteiger charge is -2.32. The van der Waals surface area contributed by atoms with Crippen LogP contribution in [0.2, 0.25) is 0 Å². The molecule has 1 aliphatic carbocycles. The van der Waals surface area contributed by atoms with Gasteiger partial charge in [-0.25, -0.2) is 0 Å². The summed E-state index contributed by atoms with van der Waals surface area (Å²) in [5.74, 6) is 1.36. The fraction of sp³-hybridized carbons (Fsp3) is 0.375. The standard InChI is InChI=1S/C32H38N2O4/c1-37-29-19-10-14-26(22-29)24-34(31(35)20-11-21-38-28-17-6-3-7-18-28)30(23-25-12-4-2-5-13-25)32(36)33-27-15-8-9-16-27/h2-7,10,12-14,17-19,22,27,30H,8-9,11,15-16,20-21,23-24H2,1H3,(H,33,36). The predicted octanol–water partition coefficient (Wildman–Crippen LogP) is 5.55. The average Bonchev–Trinajstić information content (AvgIpc) is 3.47. The van der Waals surface area contributed by atoms with Crippen molar-refractivity contribution in [3.05, 3.63) is 96.1 Å². The second-order valence-electron chi connectivity index (χ2n) is 9.83. The first-order valence-corrected chi connectivity index (χ1v) is 13.6. The summed E-state index contributed by atoms with van der Waals surface area (Å²) in [5.41, 5.74) is 1.94. The van der Waals surface area contributed by atoms with Crippen molar-refractivity contribution in [1.82, 2.24) is 10.2 Å². The fourth-order valence-electron chi connectivity index (χ4n) is 4.96. The van der Waals surface area contributed by atoms with Crippen LogP contribution in [-0.4, -0.2) is 42.5 Å². The van der Waals surface area contributed by atoms with E-state index in [1.54, 1.807) is 12.0 Å². The van der Waals surface area contributed by atoms with E-state index in [2.05, 4.69) is 5.32 Å². The van der Waals surface area contributed by atoms with Gasteiger partial charge in [0.05, 0.1) is 13.7 Å². The molecular weight excluding hydrogens is 476 g/mol. The molecule has 0 spiro atoms. The van der Waals surface area contributed by atoms with Crippen molar-refractivity contribution in [2.45, 2.75) is 63.6 Å². The van der Waals surface area contributed by atoms with Gasteiger partial charge in [0.25, 0.3) is 0 Å². The van der Waals surface area contributed by atoms with Crippen molar-refractivity contribution in [3.8, 4) is 11.5 Å². The molecule has 1 unspecified atom stereocenters. The monoisotopic (exact) mass is 514 g/mol. The Morgan fingerprint density at radius 3 is 2.26 bits per heavy atom. The van der Waals surface area contributed by atoms with Gasteiger partial charge in [-0.3, -0.25) is 9.59 Å². The zero-order chi connectivity index (χ0) is 26.6. The Labute approximate surface area is 226 Å². The van der Waals surface area contributed by atoms with E-state index >= 15 is 0 Å². The highest BCUT2D eigenvalue weighted by Gasteiger charge is 2.32. The summed E-state index contributed by atoms with van der Waals surface area (Å²) < 4.78 is 11.2. The summed E-state index contributed by atoms with van der Waals surface area (Å²) in [7, 11) is 1.63. The van der Waals surface area contributed by atoms with Gasteiger partial charge >= 0.3 is 0 Å². The zero-order valence-corrected chi connectivity index (χ0v) is 22.2.